The zero-order valence-corrected chi connectivity index (χ0v) is 12.1. The average Bonchev–Trinajstić information content (AvgIpc) is 2.62. The molecule has 0 aromatic heterocycles. The second-order valence-electron chi connectivity index (χ2n) is 5.80. The van der Waals surface area contributed by atoms with Crippen molar-refractivity contribution in [2.45, 2.75) is 26.7 Å². The van der Waals surface area contributed by atoms with Gasteiger partial charge in [-0.15, -0.1) is 0 Å². The normalized spacial score (nSPS) is 19.1. The molecule has 0 bridgehead atoms. The summed E-state index contributed by atoms with van der Waals surface area (Å²) in [5, 5.41) is 3.43. The number of rotatable bonds is 4. The summed E-state index contributed by atoms with van der Waals surface area (Å²) in [6, 6.07) is 5.49. The fourth-order valence-electron chi connectivity index (χ4n) is 2.83. The van der Waals surface area contributed by atoms with Gasteiger partial charge in [0, 0.05) is 19.6 Å². The number of halogens is 1. The molecule has 0 radical (unpaired) electrons. The first-order valence-corrected chi connectivity index (χ1v) is 7.33. The zero-order chi connectivity index (χ0) is 13.7. The molecule has 1 aliphatic rings. The number of nitrogens with zero attached hydrogens (tertiary/aromatic N) is 1. The van der Waals surface area contributed by atoms with E-state index in [1.54, 1.807) is 6.07 Å². The van der Waals surface area contributed by atoms with Crippen LogP contribution in [0.5, 0.6) is 0 Å². The van der Waals surface area contributed by atoms with Gasteiger partial charge in [0.15, 0.2) is 0 Å². The molecule has 1 aliphatic heterocycles. The van der Waals surface area contributed by atoms with E-state index in [9.17, 15) is 4.39 Å². The van der Waals surface area contributed by atoms with Gasteiger partial charge in [0.25, 0.3) is 0 Å². The SMILES string of the molecule is Cc1cc(CC(C)CN2CCCNCC2)ccc1F. The van der Waals surface area contributed by atoms with E-state index in [0.29, 0.717) is 5.92 Å². The Morgan fingerprint density at radius 3 is 2.95 bits per heavy atom. The smallest absolute Gasteiger partial charge is 0.126 e. The maximum Gasteiger partial charge on any atom is 0.126 e. The molecule has 106 valence electrons. The van der Waals surface area contributed by atoms with Crippen molar-refractivity contribution in [3.05, 3.63) is 35.1 Å². The van der Waals surface area contributed by atoms with E-state index in [1.165, 1.54) is 18.5 Å². The van der Waals surface area contributed by atoms with Gasteiger partial charge in [-0.3, -0.25) is 0 Å². The molecule has 1 aromatic rings. The van der Waals surface area contributed by atoms with Crippen LogP contribution in [-0.4, -0.2) is 37.6 Å². The predicted molar refractivity (Wildman–Crippen MR) is 77.9 cm³/mol. The first-order chi connectivity index (χ1) is 9.15. The molecule has 1 unspecified atom stereocenters. The van der Waals surface area contributed by atoms with Gasteiger partial charge in [-0.05, 0) is 56.0 Å². The van der Waals surface area contributed by atoms with Crippen molar-refractivity contribution in [1.82, 2.24) is 10.2 Å². The van der Waals surface area contributed by atoms with Crippen LogP contribution in [0.15, 0.2) is 18.2 Å². The van der Waals surface area contributed by atoms with Gasteiger partial charge in [0.05, 0.1) is 0 Å². The van der Waals surface area contributed by atoms with E-state index in [-0.39, 0.29) is 5.82 Å². The summed E-state index contributed by atoms with van der Waals surface area (Å²) in [5.74, 6) is 0.512. The largest absolute Gasteiger partial charge is 0.315 e. The quantitative estimate of drug-likeness (QED) is 0.899. The first kappa shape index (κ1) is 14.5. The van der Waals surface area contributed by atoms with Gasteiger partial charge in [-0.25, -0.2) is 4.39 Å². The lowest BCUT2D eigenvalue weighted by molar-refractivity contribution is 0.251. The fraction of sp³-hybridized carbons (Fsp3) is 0.625. The number of hydrogen-bond acceptors (Lipinski definition) is 2. The van der Waals surface area contributed by atoms with Crippen LogP contribution in [0, 0.1) is 18.7 Å². The van der Waals surface area contributed by atoms with Crippen LogP contribution in [0.3, 0.4) is 0 Å². The van der Waals surface area contributed by atoms with Gasteiger partial charge < -0.3 is 10.2 Å². The summed E-state index contributed by atoms with van der Waals surface area (Å²) in [5.41, 5.74) is 2.00. The number of hydrogen-bond donors (Lipinski definition) is 1. The van der Waals surface area contributed by atoms with Gasteiger partial charge in [-0.2, -0.15) is 0 Å². The summed E-state index contributed by atoms with van der Waals surface area (Å²) in [7, 11) is 0. The maximum atomic E-state index is 13.2. The second kappa shape index (κ2) is 7.01. The molecule has 3 heteroatoms. The molecule has 0 saturated carbocycles. The summed E-state index contributed by atoms with van der Waals surface area (Å²) < 4.78 is 13.2. The molecule has 1 heterocycles. The minimum absolute atomic E-state index is 0.102. The van der Waals surface area contributed by atoms with E-state index in [2.05, 4.69) is 17.1 Å². The van der Waals surface area contributed by atoms with E-state index >= 15 is 0 Å². The van der Waals surface area contributed by atoms with Crippen molar-refractivity contribution >= 4 is 0 Å². The molecule has 1 fully saturated rings. The Balaban J connectivity index is 1.85. The van der Waals surface area contributed by atoms with Crippen LogP contribution in [0.4, 0.5) is 4.39 Å². The molecular weight excluding hydrogens is 239 g/mol. The van der Waals surface area contributed by atoms with Crippen molar-refractivity contribution in [3.63, 3.8) is 0 Å². The number of aryl methyl sites for hydroxylation is 1. The third kappa shape index (κ3) is 4.59. The van der Waals surface area contributed by atoms with Crippen LogP contribution in [0.2, 0.25) is 0 Å². The lowest BCUT2D eigenvalue weighted by atomic mass is 9.99. The van der Waals surface area contributed by atoms with Crippen LogP contribution in [0.1, 0.15) is 24.5 Å². The highest BCUT2D eigenvalue weighted by Crippen LogP contribution is 2.14. The lowest BCUT2D eigenvalue weighted by Gasteiger charge is -2.23. The fourth-order valence-corrected chi connectivity index (χ4v) is 2.83. The first-order valence-electron chi connectivity index (χ1n) is 7.33. The molecule has 1 aromatic carbocycles. The summed E-state index contributed by atoms with van der Waals surface area (Å²) in [4.78, 5) is 2.54. The van der Waals surface area contributed by atoms with E-state index in [1.807, 2.05) is 19.1 Å². The van der Waals surface area contributed by atoms with Crippen LogP contribution in [0.25, 0.3) is 0 Å². The Kier molecular flexibility index (Phi) is 5.34. The summed E-state index contributed by atoms with van der Waals surface area (Å²) >= 11 is 0. The average molecular weight is 264 g/mol. The van der Waals surface area contributed by atoms with Crippen LogP contribution < -0.4 is 5.32 Å². The molecule has 19 heavy (non-hydrogen) atoms. The van der Waals surface area contributed by atoms with Gasteiger partial charge >= 0.3 is 0 Å². The van der Waals surface area contributed by atoms with Crippen molar-refractivity contribution in [1.29, 1.82) is 0 Å². The van der Waals surface area contributed by atoms with Crippen molar-refractivity contribution < 1.29 is 4.39 Å². The molecule has 1 N–H and O–H groups in total. The van der Waals surface area contributed by atoms with E-state index in [4.69, 9.17) is 0 Å². The Morgan fingerprint density at radius 2 is 2.16 bits per heavy atom. The van der Waals surface area contributed by atoms with Crippen molar-refractivity contribution in [2.24, 2.45) is 5.92 Å². The molecular formula is C16H25FN2. The third-order valence-corrected chi connectivity index (χ3v) is 3.81. The Hall–Kier alpha value is -0.930. The zero-order valence-electron chi connectivity index (χ0n) is 12.1. The summed E-state index contributed by atoms with van der Waals surface area (Å²) in [6.45, 7) is 9.84. The number of nitrogens with one attached hydrogen (secondary N) is 1. The summed E-state index contributed by atoms with van der Waals surface area (Å²) in [6.07, 6.45) is 2.27. The lowest BCUT2D eigenvalue weighted by Crippen LogP contribution is -2.32. The third-order valence-electron chi connectivity index (χ3n) is 3.81. The molecule has 1 saturated heterocycles. The van der Waals surface area contributed by atoms with Gasteiger partial charge in [-0.1, -0.05) is 19.1 Å². The van der Waals surface area contributed by atoms with Crippen molar-refractivity contribution in [3.8, 4) is 0 Å². The highest BCUT2D eigenvalue weighted by atomic mass is 19.1. The van der Waals surface area contributed by atoms with E-state index < -0.39 is 0 Å². The monoisotopic (exact) mass is 264 g/mol. The number of benzene rings is 1. The molecule has 0 aliphatic carbocycles. The molecule has 0 spiro atoms. The predicted octanol–water partition coefficient (Wildman–Crippen LogP) is 2.61. The molecule has 0 amide bonds. The maximum absolute atomic E-state index is 13.2. The van der Waals surface area contributed by atoms with Gasteiger partial charge in [0.1, 0.15) is 5.82 Å². The van der Waals surface area contributed by atoms with Crippen LogP contribution in [-0.2, 0) is 6.42 Å². The molecule has 2 rings (SSSR count). The van der Waals surface area contributed by atoms with Gasteiger partial charge in [0.2, 0.25) is 0 Å². The Labute approximate surface area is 116 Å². The Bertz CT molecular complexity index is 398. The standard InChI is InChI=1S/C16H25FN2/c1-13(12-19-8-3-6-18-7-9-19)10-15-4-5-16(17)14(2)11-15/h4-5,11,13,18H,3,6-10,12H2,1-2H3. The Morgan fingerprint density at radius 1 is 1.32 bits per heavy atom. The highest BCUT2D eigenvalue weighted by molar-refractivity contribution is 5.24. The minimum atomic E-state index is -0.102. The topological polar surface area (TPSA) is 15.3 Å². The van der Waals surface area contributed by atoms with E-state index in [0.717, 1.165) is 38.2 Å². The highest BCUT2D eigenvalue weighted by Gasteiger charge is 2.13. The van der Waals surface area contributed by atoms with Crippen molar-refractivity contribution in [2.75, 3.05) is 32.7 Å². The molecule has 2 nitrogen and oxygen atoms in total. The van der Waals surface area contributed by atoms with Crippen LogP contribution >= 0.6 is 0 Å². The minimum Gasteiger partial charge on any atom is -0.315 e. The second-order valence-corrected chi connectivity index (χ2v) is 5.80. The molecule has 1 atom stereocenters.